The molecule has 0 aliphatic carbocycles. The maximum absolute atomic E-state index is 12.1. The molecule has 0 aliphatic rings. The van der Waals surface area contributed by atoms with Gasteiger partial charge in [-0.25, -0.2) is 13.2 Å². The fourth-order valence-electron chi connectivity index (χ4n) is 2.74. The normalized spacial score (nSPS) is 11.4. The lowest BCUT2D eigenvalue weighted by molar-refractivity contribution is 0.0599. The summed E-state index contributed by atoms with van der Waals surface area (Å²) < 4.78 is 30.0. The number of esters is 1. The number of methoxy groups -OCH3 is 1. The van der Waals surface area contributed by atoms with Gasteiger partial charge in [-0.15, -0.1) is 0 Å². The highest BCUT2D eigenvalue weighted by Gasteiger charge is 2.15. The number of sulfonamides is 1. The molecule has 0 spiro atoms. The smallest absolute Gasteiger partial charge is 0.338 e. The molecule has 3 aromatic rings. The first-order chi connectivity index (χ1) is 11.9. The number of fused-ring (bicyclic) bond motifs is 1. The largest absolute Gasteiger partial charge is 0.465 e. The van der Waals surface area contributed by atoms with Crippen molar-refractivity contribution in [3.63, 3.8) is 0 Å². The number of anilines is 1. The molecule has 25 heavy (non-hydrogen) atoms. The summed E-state index contributed by atoms with van der Waals surface area (Å²) in [7, 11) is -2.12. The van der Waals surface area contributed by atoms with Gasteiger partial charge in [0, 0.05) is 17.4 Å². The molecule has 0 aliphatic heterocycles. The Bertz CT molecular complexity index is 1040. The molecule has 0 amide bonds. The van der Waals surface area contributed by atoms with Gasteiger partial charge in [-0.2, -0.15) is 0 Å². The number of carbonyl (C=O) groups excluding carboxylic acids is 1. The summed E-state index contributed by atoms with van der Waals surface area (Å²) in [5.41, 5.74) is 3.52. The SMILES string of the molecule is COC(=O)c1cc(NS(C)(=O)=O)ccc1Cc1ccc2[nH]ccc2c1. The van der Waals surface area contributed by atoms with E-state index in [2.05, 4.69) is 15.8 Å². The van der Waals surface area contributed by atoms with E-state index in [0.29, 0.717) is 17.7 Å². The molecular weight excluding hydrogens is 340 g/mol. The van der Waals surface area contributed by atoms with E-state index < -0.39 is 16.0 Å². The Morgan fingerprint density at radius 2 is 1.96 bits per heavy atom. The van der Waals surface area contributed by atoms with Gasteiger partial charge in [-0.05, 0) is 53.3 Å². The second-order valence-electron chi connectivity index (χ2n) is 5.81. The molecule has 0 saturated carbocycles. The predicted molar refractivity (Wildman–Crippen MR) is 97.4 cm³/mol. The number of nitrogens with one attached hydrogen (secondary N) is 2. The summed E-state index contributed by atoms with van der Waals surface area (Å²) in [6.07, 6.45) is 3.47. The van der Waals surface area contributed by atoms with E-state index in [4.69, 9.17) is 4.74 Å². The van der Waals surface area contributed by atoms with Crippen LogP contribution in [0.4, 0.5) is 5.69 Å². The van der Waals surface area contributed by atoms with Crippen LogP contribution in [0.25, 0.3) is 10.9 Å². The average molecular weight is 358 g/mol. The molecule has 130 valence electrons. The summed E-state index contributed by atoms with van der Waals surface area (Å²) >= 11 is 0. The van der Waals surface area contributed by atoms with E-state index in [1.165, 1.54) is 13.2 Å². The average Bonchev–Trinajstić information content (AvgIpc) is 3.02. The van der Waals surface area contributed by atoms with Gasteiger partial charge in [0.2, 0.25) is 10.0 Å². The first-order valence-electron chi connectivity index (χ1n) is 7.61. The van der Waals surface area contributed by atoms with Crippen molar-refractivity contribution in [3.8, 4) is 0 Å². The quantitative estimate of drug-likeness (QED) is 0.687. The van der Waals surface area contributed by atoms with Crippen molar-refractivity contribution in [2.75, 3.05) is 18.1 Å². The molecule has 2 N–H and O–H groups in total. The topological polar surface area (TPSA) is 88.3 Å². The van der Waals surface area contributed by atoms with E-state index in [0.717, 1.165) is 28.3 Å². The molecule has 0 unspecified atom stereocenters. The number of hydrogen-bond acceptors (Lipinski definition) is 4. The summed E-state index contributed by atoms with van der Waals surface area (Å²) in [5.74, 6) is -0.505. The molecule has 1 heterocycles. The van der Waals surface area contributed by atoms with Crippen molar-refractivity contribution in [1.29, 1.82) is 0 Å². The van der Waals surface area contributed by atoms with E-state index in [9.17, 15) is 13.2 Å². The number of aromatic amines is 1. The van der Waals surface area contributed by atoms with Gasteiger partial charge >= 0.3 is 5.97 Å². The van der Waals surface area contributed by atoms with Gasteiger partial charge in [-0.3, -0.25) is 4.72 Å². The number of carbonyl (C=O) groups is 1. The zero-order valence-electron chi connectivity index (χ0n) is 13.9. The van der Waals surface area contributed by atoms with Crippen LogP contribution in [0.15, 0.2) is 48.7 Å². The Morgan fingerprint density at radius 1 is 1.16 bits per heavy atom. The zero-order valence-corrected chi connectivity index (χ0v) is 14.7. The molecular formula is C18H18N2O4S. The number of ether oxygens (including phenoxy) is 1. The third kappa shape index (κ3) is 4.00. The van der Waals surface area contributed by atoms with Crippen molar-refractivity contribution in [2.24, 2.45) is 0 Å². The molecule has 3 rings (SSSR count). The van der Waals surface area contributed by atoms with Crippen molar-refractivity contribution < 1.29 is 17.9 Å². The van der Waals surface area contributed by atoms with E-state index in [1.54, 1.807) is 12.1 Å². The highest BCUT2D eigenvalue weighted by atomic mass is 32.2. The number of H-pyrrole nitrogens is 1. The second kappa shape index (κ2) is 6.60. The van der Waals surface area contributed by atoms with Crippen LogP contribution in [0, 0.1) is 0 Å². The Hall–Kier alpha value is -2.80. The second-order valence-corrected chi connectivity index (χ2v) is 7.56. The fraction of sp³-hybridized carbons (Fsp3) is 0.167. The molecule has 0 bridgehead atoms. The minimum Gasteiger partial charge on any atom is -0.465 e. The molecule has 2 aromatic carbocycles. The van der Waals surface area contributed by atoms with Gasteiger partial charge in [0.05, 0.1) is 18.9 Å². The summed E-state index contributed by atoms with van der Waals surface area (Å²) in [6, 6.07) is 12.9. The summed E-state index contributed by atoms with van der Waals surface area (Å²) in [5, 5.41) is 1.09. The number of rotatable bonds is 5. The Balaban J connectivity index is 1.97. The van der Waals surface area contributed by atoms with Crippen molar-refractivity contribution in [2.45, 2.75) is 6.42 Å². The lowest BCUT2D eigenvalue weighted by Crippen LogP contribution is -2.12. The highest BCUT2D eigenvalue weighted by Crippen LogP contribution is 2.22. The Kier molecular flexibility index (Phi) is 4.50. The van der Waals surface area contributed by atoms with Gasteiger partial charge < -0.3 is 9.72 Å². The van der Waals surface area contributed by atoms with Crippen LogP contribution >= 0.6 is 0 Å². The lowest BCUT2D eigenvalue weighted by Gasteiger charge is -2.11. The van der Waals surface area contributed by atoms with E-state index in [1.807, 2.05) is 24.4 Å². The third-order valence-electron chi connectivity index (χ3n) is 3.83. The molecule has 0 fully saturated rings. The van der Waals surface area contributed by atoms with Crippen LogP contribution in [0.5, 0.6) is 0 Å². The van der Waals surface area contributed by atoms with Crippen LogP contribution in [0.2, 0.25) is 0 Å². The number of benzene rings is 2. The van der Waals surface area contributed by atoms with Gasteiger partial charge in [0.15, 0.2) is 0 Å². The van der Waals surface area contributed by atoms with Crippen LogP contribution < -0.4 is 4.72 Å². The summed E-state index contributed by atoms with van der Waals surface area (Å²) in [4.78, 5) is 15.2. The number of aromatic nitrogens is 1. The molecule has 0 saturated heterocycles. The first kappa shape index (κ1) is 17.0. The Morgan fingerprint density at radius 3 is 2.68 bits per heavy atom. The van der Waals surface area contributed by atoms with E-state index in [-0.39, 0.29) is 0 Å². The van der Waals surface area contributed by atoms with Crippen LogP contribution in [-0.4, -0.2) is 32.7 Å². The molecule has 7 heteroatoms. The number of hydrogen-bond donors (Lipinski definition) is 2. The van der Waals surface area contributed by atoms with Crippen LogP contribution in [-0.2, 0) is 21.2 Å². The Labute approximate surface area is 145 Å². The molecule has 0 radical (unpaired) electrons. The van der Waals surface area contributed by atoms with Crippen molar-refractivity contribution >= 4 is 32.6 Å². The fourth-order valence-corrected chi connectivity index (χ4v) is 3.30. The van der Waals surface area contributed by atoms with Crippen LogP contribution in [0.3, 0.4) is 0 Å². The predicted octanol–water partition coefficient (Wildman–Crippen LogP) is 2.92. The maximum Gasteiger partial charge on any atom is 0.338 e. The standard InChI is InChI=1S/C18H18N2O4S/c1-24-18(21)16-11-15(20-25(2,22)23)5-4-13(16)9-12-3-6-17-14(10-12)7-8-19-17/h3-8,10-11,19-20H,9H2,1-2H3. The minimum atomic E-state index is -3.42. The lowest BCUT2D eigenvalue weighted by atomic mass is 9.98. The monoisotopic (exact) mass is 358 g/mol. The first-order valence-corrected chi connectivity index (χ1v) is 9.50. The van der Waals surface area contributed by atoms with Crippen molar-refractivity contribution in [1.82, 2.24) is 4.98 Å². The van der Waals surface area contributed by atoms with Crippen LogP contribution in [0.1, 0.15) is 21.5 Å². The molecule has 0 atom stereocenters. The highest BCUT2D eigenvalue weighted by molar-refractivity contribution is 7.92. The van der Waals surface area contributed by atoms with Gasteiger partial charge in [-0.1, -0.05) is 12.1 Å². The molecule has 6 nitrogen and oxygen atoms in total. The van der Waals surface area contributed by atoms with E-state index >= 15 is 0 Å². The maximum atomic E-state index is 12.1. The van der Waals surface area contributed by atoms with Gasteiger partial charge in [0.25, 0.3) is 0 Å². The van der Waals surface area contributed by atoms with Crippen molar-refractivity contribution in [3.05, 3.63) is 65.4 Å². The molecule has 1 aromatic heterocycles. The zero-order chi connectivity index (χ0) is 18.0. The third-order valence-corrected chi connectivity index (χ3v) is 4.44. The van der Waals surface area contributed by atoms with Gasteiger partial charge in [0.1, 0.15) is 0 Å². The summed E-state index contributed by atoms with van der Waals surface area (Å²) in [6.45, 7) is 0. The minimum absolute atomic E-state index is 0.327.